The zero-order valence-corrected chi connectivity index (χ0v) is 61.1. The average molecular weight is 1780 g/mol. The van der Waals surface area contributed by atoms with E-state index in [2.05, 4.69) is 42.6 Å². The number of hydrogen-bond donors (Lipinski definition) is 0. The molecule has 4 bridgehead atoms. The molecular weight excluding hydrogens is 1700 g/mol. The topological polar surface area (TPSA) is 134 Å². The lowest BCUT2D eigenvalue weighted by Crippen LogP contribution is -2.79. The van der Waals surface area contributed by atoms with Crippen LogP contribution in [-0.4, -0.2) is 162 Å². The molecule has 1 aromatic carbocycles. The van der Waals surface area contributed by atoms with Crippen LogP contribution in [0.5, 0.6) is 0 Å². The van der Waals surface area contributed by atoms with Crippen LogP contribution in [-0.2, 0) is 68.2 Å². The van der Waals surface area contributed by atoms with Crippen molar-refractivity contribution in [1.82, 2.24) is 0 Å². The van der Waals surface area contributed by atoms with E-state index in [0.29, 0.717) is 46.9 Å². The highest BCUT2D eigenvalue weighted by Crippen LogP contribution is 2.78. The van der Waals surface area contributed by atoms with Crippen molar-refractivity contribution in [3.8, 4) is 0 Å². The van der Waals surface area contributed by atoms with Gasteiger partial charge < -0.3 is 42.6 Å². The first-order valence-electron chi connectivity index (χ1n) is 33.1. The van der Waals surface area contributed by atoms with E-state index in [1.165, 1.54) is 0 Å². The van der Waals surface area contributed by atoms with E-state index in [1.807, 2.05) is 0 Å². The maximum absolute atomic E-state index is 14.8. The summed E-state index contributed by atoms with van der Waals surface area (Å²) >= 11 is 0. The van der Waals surface area contributed by atoms with Crippen LogP contribution in [0.15, 0.2) is 24.3 Å². The van der Waals surface area contributed by atoms with Gasteiger partial charge in [-0.15, -0.1) is 0 Å². The molecule has 0 spiro atoms. The molecular formula is C64H73F39O12. The van der Waals surface area contributed by atoms with Crippen LogP contribution in [0.1, 0.15) is 150 Å². The van der Waals surface area contributed by atoms with Gasteiger partial charge in [0.15, 0.2) is 27.4 Å². The number of rotatable bonds is 24. The number of halogens is 39. The molecule has 9 unspecified atom stereocenters. The van der Waals surface area contributed by atoms with E-state index >= 15 is 0 Å². The Labute approximate surface area is 626 Å². The second-order valence-corrected chi connectivity index (χ2v) is 28.9. The van der Waals surface area contributed by atoms with Crippen molar-refractivity contribution in [3.63, 3.8) is 0 Å². The first-order valence-corrected chi connectivity index (χ1v) is 33.1. The van der Waals surface area contributed by atoms with Crippen LogP contribution in [0, 0.1) is 50.7 Å². The third kappa shape index (κ3) is 18.2. The van der Waals surface area contributed by atoms with Crippen LogP contribution < -0.4 is 0 Å². The largest absolute Gasteiger partial charge is 0.442 e. The molecule has 0 aliphatic heterocycles. The third-order valence-electron chi connectivity index (χ3n) is 22.2. The molecule has 5 aliphatic rings. The Kier molecular flexibility index (Phi) is 30.0. The van der Waals surface area contributed by atoms with E-state index in [-0.39, 0.29) is 46.2 Å². The molecule has 0 N–H and O–H groups in total. The Morgan fingerprint density at radius 1 is 0.365 bits per heavy atom. The van der Waals surface area contributed by atoms with Crippen LogP contribution in [0.3, 0.4) is 0 Å². The second-order valence-electron chi connectivity index (χ2n) is 28.9. The standard InChI is InChI=1S/C24H27F15O4.C20H26F12O4.C20H20F12O4/c1-4-15(2,20(25,26)27)14(40)43-19(23(34,35)36,24(37,38)39)17-8-12-5-13(9-17)7-16(6-12,10-17)18(21(28,29)30,22(31,32)33)42-11-41-3;2*1-5-14(2,17(21,22)23)13(33)36-16(19(27,28)29,20(30,31)32)12-8-6-7-11(9-12)15(3,18(24,25)26)35-10-34-4/h12-13H,4-11H2,1-3H3;11-12H,5-10H2,1-4H3;6-9H,5,10H2,1-4H3. The number of esters is 3. The van der Waals surface area contributed by atoms with Gasteiger partial charge >= 0.3 is 115 Å². The summed E-state index contributed by atoms with van der Waals surface area (Å²) in [6.07, 6.45) is -95.8. The fourth-order valence-corrected chi connectivity index (χ4v) is 15.1. The highest BCUT2D eigenvalue weighted by molar-refractivity contribution is 5.79. The molecule has 0 heterocycles. The molecule has 0 amide bonds. The Balaban J connectivity index is 0.000000449. The number of carbonyl (C=O) groups excluding carboxylic acids is 3. The van der Waals surface area contributed by atoms with Crippen LogP contribution in [0.25, 0.3) is 0 Å². The summed E-state index contributed by atoms with van der Waals surface area (Å²) in [7, 11) is 2.45. The molecule has 0 saturated heterocycles. The highest BCUT2D eigenvalue weighted by Gasteiger charge is 2.91. The van der Waals surface area contributed by atoms with Crippen molar-refractivity contribution in [3.05, 3.63) is 35.4 Å². The van der Waals surface area contributed by atoms with Crippen molar-refractivity contribution in [1.29, 1.82) is 0 Å². The van der Waals surface area contributed by atoms with Gasteiger partial charge in [-0.1, -0.05) is 45.4 Å². The summed E-state index contributed by atoms with van der Waals surface area (Å²) in [6.45, 7) is -1.05. The van der Waals surface area contributed by atoms with Crippen molar-refractivity contribution in [2.45, 2.75) is 253 Å². The van der Waals surface area contributed by atoms with E-state index in [0.717, 1.165) is 14.2 Å². The molecule has 12 nitrogen and oxygen atoms in total. The zero-order valence-electron chi connectivity index (χ0n) is 61.1. The Morgan fingerprint density at radius 2 is 0.696 bits per heavy atom. The Morgan fingerprint density at radius 3 is 1.02 bits per heavy atom. The number of methoxy groups -OCH3 is 3. The van der Waals surface area contributed by atoms with Gasteiger partial charge in [0, 0.05) is 43.6 Å². The molecule has 0 radical (unpaired) electrons. The summed E-state index contributed by atoms with van der Waals surface area (Å²) in [5.74, 6) is -17.0. The molecule has 115 heavy (non-hydrogen) atoms. The predicted octanol–water partition coefficient (Wildman–Crippen LogP) is 22.5. The fraction of sp³-hybridized carbons (Fsp3) is 0.859. The van der Waals surface area contributed by atoms with Crippen LogP contribution in [0.2, 0.25) is 0 Å². The van der Waals surface area contributed by atoms with Gasteiger partial charge in [-0.25, -0.2) is 0 Å². The van der Waals surface area contributed by atoms with Crippen molar-refractivity contribution >= 4 is 17.9 Å². The number of alkyl halides is 39. The predicted molar refractivity (Wildman–Crippen MR) is 308 cm³/mol. The van der Waals surface area contributed by atoms with E-state index in [4.69, 9.17) is 0 Å². The summed E-state index contributed by atoms with van der Waals surface area (Å²) < 4.78 is 587. The van der Waals surface area contributed by atoms with E-state index in [1.54, 1.807) is 0 Å². The normalized spacial score (nSPS) is 24.3. The maximum Gasteiger partial charge on any atom is 0.442 e. The number of benzene rings is 1. The second kappa shape index (κ2) is 33.2. The van der Waals surface area contributed by atoms with Gasteiger partial charge in [0.25, 0.3) is 5.60 Å². The minimum Gasteiger partial charge on any atom is -0.438 e. The van der Waals surface area contributed by atoms with Gasteiger partial charge in [0.1, 0.15) is 20.4 Å². The Bertz CT molecular complexity index is 3360. The molecule has 51 heteroatoms. The lowest BCUT2D eigenvalue weighted by molar-refractivity contribution is -0.461. The highest BCUT2D eigenvalue weighted by atomic mass is 19.5. The first kappa shape index (κ1) is 104. The van der Waals surface area contributed by atoms with E-state index in [9.17, 15) is 186 Å². The molecule has 9 atom stereocenters. The lowest BCUT2D eigenvalue weighted by atomic mass is 9.37. The summed E-state index contributed by atoms with van der Waals surface area (Å²) in [5.41, 5.74) is -51.6. The van der Waals surface area contributed by atoms with Gasteiger partial charge in [0.2, 0.25) is 0 Å². The molecule has 5 aliphatic carbocycles. The molecule has 5 saturated carbocycles. The summed E-state index contributed by atoms with van der Waals surface area (Å²) in [4.78, 5) is 37.3. The lowest BCUT2D eigenvalue weighted by Gasteiger charge is -2.69. The molecule has 6 rings (SSSR count). The van der Waals surface area contributed by atoms with Crippen molar-refractivity contribution in [2.24, 2.45) is 50.7 Å². The summed E-state index contributed by atoms with van der Waals surface area (Å²) in [6, 6.07) is 0.571. The van der Waals surface area contributed by atoms with Crippen molar-refractivity contribution in [2.75, 3.05) is 41.7 Å². The SMILES string of the molecule is CCC(C)(C(=O)OC(C(F)(F)F)(C(F)(F)F)C12CC3CC(CC(C(OCOC)(C(F)(F)F)C(F)(F)F)(C3)C1)C2)C(F)(F)F.CCC(C)(C(=O)OC(C1CCCC(C(C)(OCOC)C(F)(F)F)C1)(C(F)(F)F)C(F)(F)F)C(F)(F)F.CCC(C)(C(=O)OC(c1cccc(C(C)(OCOC)C(F)(F)F)c1)(C(F)(F)F)C(F)(F)F)C(F)(F)F. The molecule has 674 valence electrons. The first-order chi connectivity index (χ1) is 51.0. The number of hydrogen-bond acceptors (Lipinski definition) is 12. The number of carbonyl (C=O) groups is 3. The van der Waals surface area contributed by atoms with Crippen molar-refractivity contribution < 1.29 is 228 Å². The Hall–Kier alpha value is -5.34. The van der Waals surface area contributed by atoms with Gasteiger partial charge in [0.05, 0.1) is 0 Å². The average Bonchev–Trinajstić information content (AvgIpc) is 0.658. The maximum atomic E-state index is 14.8. The minimum absolute atomic E-state index is 0.0156. The molecule has 0 aromatic heterocycles. The van der Waals surface area contributed by atoms with Gasteiger partial charge in [-0.2, -0.15) is 171 Å². The summed E-state index contributed by atoms with van der Waals surface area (Å²) in [5, 5.41) is 0. The quantitative estimate of drug-likeness (QED) is 0.0422. The third-order valence-corrected chi connectivity index (χ3v) is 22.2. The fourth-order valence-electron chi connectivity index (χ4n) is 15.1. The smallest absolute Gasteiger partial charge is 0.438 e. The van der Waals surface area contributed by atoms with Crippen LogP contribution >= 0.6 is 0 Å². The van der Waals surface area contributed by atoms with Gasteiger partial charge in [-0.3, -0.25) is 14.4 Å². The zero-order chi connectivity index (χ0) is 90.7. The minimum atomic E-state index is -6.83. The monoisotopic (exact) mass is 1770 g/mol. The van der Waals surface area contributed by atoms with E-state index < -0.39 is 291 Å². The molecule has 5 fully saturated rings. The number of ether oxygens (including phenoxy) is 9. The van der Waals surface area contributed by atoms with Gasteiger partial charge in [-0.05, 0) is 141 Å². The van der Waals surface area contributed by atoms with Crippen LogP contribution in [0.4, 0.5) is 171 Å². The molecule has 1 aromatic rings.